The van der Waals surface area contributed by atoms with Gasteiger partial charge in [-0.05, 0) is 36.2 Å². The molecular formula is C14H20F3NO2S. The van der Waals surface area contributed by atoms with Gasteiger partial charge < -0.3 is 15.2 Å². The topological polar surface area (TPSA) is 44.5 Å². The monoisotopic (exact) mass is 323 g/mol. The molecule has 0 bridgehead atoms. The van der Waals surface area contributed by atoms with Crippen LogP contribution >= 0.6 is 11.8 Å². The van der Waals surface area contributed by atoms with Gasteiger partial charge in [0.05, 0.1) is 13.7 Å². The van der Waals surface area contributed by atoms with Gasteiger partial charge in [0.1, 0.15) is 0 Å². The number of ether oxygens (including phenoxy) is 2. The van der Waals surface area contributed by atoms with E-state index in [2.05, 4.69) is 0 Å². The number of halogens is 3. The maximum atomic E-state index is 12.1. The van der Waals surface area contributed by atoms with E-state index in [4.69, 9.17) is 15.2 Å². The van der Waals surface area contributed by atoms with Crippen molar-refractivity contribution >= 4 is 11.8 Å². The average molecular weight is 323 g/mol. The van der Waals surface area contributed by atoms with Crippen LogP contribution in [0.4, 0.5) is 13.2 Å². The van der Waals surface area contributed by atoms with E-state index in [0.717, 1.165) is 12.0 Å². The number of benzene rings is 1. The first-order valence-electron chi connectivity index (χ1n) is 6.62. The lowest BCUT2D eigenvalue weighted by Crippen LogP contribution is -2.22. The molecule has 0 heterocycles. The Kier molecular flexibility index (Phi) is 7.17. The first kappa shape index (κ1) is 18.0. The lowest BCUT2D eigenvalue weighted by atomic mass is 10.0. The van der Waals surface area contributed by atoms with Crippen molar-refractivity contribution in [3.8, 4) is 11.5 Å². The highest BCUT2D eigenvalue weighted by Crippen LogP contribution is 2.33. The maximum absolute atomic E-state index is 12.1. The normalized spacial score (nSPS) is 13.0. The van der Waals surface area contributed by atoms with Gasteiger partial charge in [-0.25, -0.2) is 0 Å². The predicted molar refractivity (Wildman–Crippen MR) is 79.0 cm³/mol. The molecule has 0 radical (unpaired) electrons. The van der Waals surface area contributed by atoms with Crippen LogP contribution in [0.5, 0.6) is 11.5 Å². The van der Waals surface area contributed by atoms with Gasteiger partial charge in [0.2, 0.25) is 0 Å². The Balaban J connectivity index is 2.73. The average Bonchev–Trinajstić information content (AvgIpc) is 2.43. The lowest BCUT2D eigenvalue weighted by molar-refractivity contribution is -0.0329. The van der Waals surface area contributed by atoms with Crippen LogP contribution in [0.25, 0.3) is 0 Å². The summed E-state index contributed by atoms with van der Waals surface area (Å²) >= 11 is -0.1000. The smallest absolute Gasteiger partial charge is 0.441 e. The molecule has 1 rings (SSSR count). The van der Waals surface area contributed by atoms with Crippen molar-refractivity contribution in [2.45, 2.75) is 31.3 Å². The van der Waals surface area contributed by atoms with E-state index in [9.17, 15) is 13.2 Å². The van der Waals surface area contributed by atoms with Crippen LogP contribution in [0.15, 0.2) is 18.2 Å². The number of nitrogens with two attached hydrogens (primary N) is 1. The van der Waals surface area contributed by atoms with Crippen molar-refractivity contribution in [1.82, 2.24) is 0 Å². The minimum absolute atomic E-state index is 0.0241. The van der Waals surface area contributed by atoms with Crippen molar-refractivity contribution < 1.29 is 22.6 Å². The van der Waals surface area contributed by atoms with E-state index in [-0.39, 0.29) is 30.2 Å². The largest absolute Gasteiger partial charge is 0.493 e. The molecule has 0 aliphatic rings. The highest BCUT2D eigenvalue weighted by molar-refractivity contribution is 8.00. The molecule has 7 heteroatoms. The van der Waals surface area contributed by atoms with Gasteiger partial charge in [0.15, 0.2) is 11.5 Å². The van der Waals surface area contributed by atoms with Gasteiger partial charge in [-0.2, -0.15) is 13.2 Å². The third kappa shape index (κ3) is 6.48. The van der Waals surface area contributed by atoms with Crippen LogP contribution in [-0.4, -0.2) is 31.0 Å². The summed E-state index contributed by atoms with van der Waals surface area (Å²) < 4.78 is 47.0. The van der Waals surface area contributed by atoms with Crippen molar-refractivity contribution in [2.24, 2.45) is 5.73 Å². The molecule has 1 unspecified atom stereocenters. The zero-order valence-electron chi connectivity index (χ0n) is 12.1. The zero-order chi connectivity index (χ0) is 15.9. The van der Waals surface area contributed by atoms with Gasteiger partial charge in [-0.15, -0.1) is 0 Å². The van der Waals surface area contributed by atoms with Gasteiger partial charge in [-0.1, -0.05) is 19.1 Å². The molecule has 21 heavy (non-hydrogen) atoms. The quantitative estimate of drug-likeness (QED) is 0.742. The van der Waals surface area contributed by atoms with Gasteiger partial charge in [0, 0.05) is 11.8 Å². The van der Waals surface area contributed by atoms with E-state index in [1.807, 2.05) is 19.1 Å². The Morgan fingerprint density at radius 2 is 2.05 bits per heavy atom. The van der Waals surface area contributed by atoms with Crippen LogP contribution in [0.2, 0.25) is 0 Å². The Bertz CT molecular complexity index is 441. The van der Waals surface area contributed by atoms with Crippen molar-refractivity contribution in [3.63, 3.8) is 0 Å². The molecule has 120 valence electrons. The number of hydrogen-bond donors (Lipinski definition) is 1. The molecule has 0 saturated heterocycles. The third-order valence-corrected chi connectivity index (χ3v) is 3.58. The number of rotatable bonds is 8. The summed E-state index contributed by atoms with van der Waals surface area (Å²) in [6.07, 6.45) is 1.40. The molecule has 0 saturated carbocycles. The molecule has 1 atom stereocenters. The molecule has 1 aromatic carbocycles. The van der Waals surface area contributed by atoms with E-state index in [0.29, 0.717) is 17.9 Å². The minimum Gasteiger partial charge on any atom is -0.493 e. The van der Waals surface area contributed by atoms with E-state index in [1.165, 1.54) is 7.11 Å². The number of alkyl halides is 3. The predicted octanol–water partition coefficient (Wildman–Crippen LogP) is 3.61. The summed E-state index contributed by atoms with van der Waals surface area (Å²) in [6.45, 7) is 1.93. The van der Waals surface area contributed by atoms with Gasteiger partial charge in [-0.3, -0.25) is 0 Å². The fraction of sp³-hybridized carbons (Fsp3) is 0.571. The zero-order valence-corrected chi connectivity index (χ0v) is 12.9. The summed E-state index contributed by atoms with van der Waals surface area (Å²) in [6, 6.07) is 5.36. The number of hydrogen-bond acceptors (Lipinski definition) is 4. The number of para-hydroxylation sites is 1. The highest BCUT2D eigenvalue weighted by Gasteiger charge is 2.27. The van der Waals surface area contributed by atoms with E-state index in [1.54, 1.807) is 6.07 Å². The number of methoxy groups -OCH3 is 1. The van der Waals surface area contributed by atoms with E-state index < -0.39 is 5.51 Å². The molecule has 1 aromatic rings. The van der Waals surface area contributed by atoms with Crippen molar-refractivity contribution in [1.29, 1.82) is 0 Å². The minimum atomic E-state index is -4.24. The number of thioether (sulfide) groups is 1. The SMILES string of the molecule is CCC(N)Cc1cccc(OC)c1OCCSC(F)(F)F. The first-order valence-corrected chi connectivity index (χ1v) is 7.61. The Labute approximate surface area is 127 Å². The summed E-state index contributed by atoms with van der Waals surface area (Å²) in [5.41, 5.74) is 2.54. The molecule has 0 amide bonds. The Hall–Kier alpha value is -1.08. The van der Waals surface area contributed by atoms with Crippen LogP contribution in [0.3, 0.4) is 0 Å². The summed E-state index contributed by atoms with van der Waals surface area (Å²) in [5.74, 6) is 0.820. The molecule has 0 aromatic heterocycles. The van der Waals surface area contributed by atoms with Crippen LogP contribution < -0.4 is 15.2 Å². The summed E-state index contributed by atoms with van der Waals surface area (Å²) in [4.78, 5) is 0. The van der Waals surface area contributed by atoms with Crippen molar-refractivity contribution in [3.05, 3.63) is 23.8 Å². The second kappa shape index (κ2) is 8.38. The van der Waals surface area contributed by atoms with Crippen LogP contribution in [-0.2, 0) is 6.42 Å². The summed E-state index contributed by atoms with van der Waals surface area (Å²) in [5, 5.41) is 0. The highest BCUT2D eigenvalue weighted by atomic mass is 32.2. The summed E-state index contributed by atoms with van der Waals surface area (Å²) in [7, 11) is 1.50. The maximum Gasteiger partial charge on any atom is 0.441 e. The molecule has 0 spiro atoms. The van der Waals surface area contributed by atoms with Crippen LogP contribution in [0, 0.1) is 0 Å². The fourth-order valence-electron chi connectivity index (χ4n) is 1.77. The van der Waals surface area contributed by atoms with Crippen LogP contribution in [0.1, 0.15) is 18.9 Å². The molecule has 0 fully saturated rings. The molecular weight excluding hydrogens is 303 g/mol. The molecule has 0 aliphatic carbocycles. The van der Waals surface area contributed by atoms with Gasteiger partial charge >= 0.3 is 5.51 Å². The first-order chi connectivity index (χ1) is 9.87. The second-order valence-electron chi connectivity index (χ2n) is 4.46. The lowest BCUT2D eigenvalue weighted by Gasteiger charge is -2.17. The Morgan fingerprint density at radius 3 is 2.62 bits per heavy atom. The van der Waals surface area contributed by atoms with Gasteiger partial charge in [0.25, 0.3) is 0 Å². The Morgan fingerprint density at radius 1 is 1.33 bits per heavy atom. The molecule has 0 aliphatic heterocycles. The fourth-order valence-corrected chi connectivity index (χ4v) is 2.17. The van der Waals surface area contributed by atoms with E-state index >= 15 is 0 Å². The van der Waals surface area contributed by atoms with Crippen molar-refractivity contribution in [2.75, 3.05) is 19.5 Å². The molecule has 2 N–H and O–H groups in total. The second-order valence-corrected chi connectivity index (χ2v) is 5.62. The molecule has 3 nitrogen and oxygen atoms in total. The third-order valence-electron chi connectivity index (χ3n) is 2.88. The standard InChI is InChI=1S/C14H20F3NO2S/c1-3-11(18)9-10-5-4-6-12(19-2)13(10)20-7-8-21-14(15,16)17/h4-6,11H,3,7-9,18H2,1-2H3.